The lowest BCUT2D eigenvalue weighted by molar-refractivity contribution is 0.0922. The lowest BCUT2D eigenvalue weighted by Crippen LogP contribution is -2.55. The summed E-state index contributed by atoms with van der Waals surface area (Å²) in [4.78, 5) is 12.5. The molecule has 1 saturated carbocycles. The molecule has 0 saturated heterocycles. The van der Waals surface area contributed by atoms with Crippen LogP contribution >= 0.6 is 15.9 Å². The van der Waals surface area contributed by atoms with E-state index in [-0.39, 0.29) is 11.7 Å². The Bertz CT molecular complexity index is 551. The van der Waals surface area contributed by atoms with Gasteiger partial charge in [-0.05, 0) is 47.8 Å². The van der Waals surface area contributed by atoms with Crippen LogP contribution in [0, 0.1) is 6.92 Å². The van der Waals surface area contributed by atoms with Gasteiger partial charge < -0.3 is 16.3 Å². The van der Waals surface area contributed by atoms with Gasteiger partial charge in [-0.25, -0.2) is 0 Å². The predicted molar refractivity (Wildman–Crippen MR) is 81.0 cm³/mol. The molecule has 0 heterocycles. The molecule has 6 heteroatoms. The molecule has 1 aromatic rings. The van der Waals surface area contributed by atoms with E-state index in [2.05, 4.69) is 26.4 Å². The van der Waals surface area contributed by atoms with Crippen molar-refractivity contribution in [1.29, 1.82) is 0 Å². The Kier molecular flexibility index (Phi) is 4.32. The maximum atomic E-state index is 12.5. The summed E-state index contributed by atoms with van der Waals surface area (Å²) in [6.45, 7) is 1.93. The summed E-state index contributed by atoms with van der Waals surface area (Å²) in [5.41, 5.74) is 6.61. The normalized spacial score (nSPS) is 18.0. The van der Waals surface area contributed by atoms with Gasteiger partial charge in [-0.3, -0.25) is 4.79 Å². The van der Waals surface area contributed by atoms with E-state index < -0.39 is 5.54 Å². The first-order chi connectivity index (χ1) is 9.48. The van der Waals surface area contributed by atoms with Crippen LogP contribution in [0.25, 0.3) is 0 Å². The number of aryl methyl sites for hydroxylation is 1. The van der Waals surface area contributed by atoms with Crippen molar-refractivity contribution in [2.24, 2.45) is 10.9 Å². The largest absolute Gasteiger partial charge is 0.409 e. The number of rotatable bonds is 3. The average Bonchev–Trinajstić information content (AvgIpc) is 2.90. The lowest BCUT2D eigenvalue weighted by atomic mass is 9.95. The summed E-state index contributed by atoms with van der Waals surface area (Å²) in [7, 11) is 0. The summed E-state index contributed by atoms with van der Waals surface area (Å²) in [5, 5.41) is 15.0. The van der Waals surface area contributed by atoms with Crippen LogP contribution in [0.2, 0.25) is 0 Å². The Labute approximate surface area is 126 Å². The van der Waals surface area contributed by atoms with Crippen molar-refractivity contribution < 1.29 is 10.0 Å². The van der Waals surface area contributed by atoms with Gasteiger partial charge in [-0.2, -0.15) is 0 Å². The second-order valence-corrected chi connectivity index (χ2v) is 6.07. The summed E-state index contributed by atoms with van der Waals surface area (Å²) in [5.74, 6) is -0.138. The summed E-state index contributed by atoms with van der Waals surface area (Å²) in [6.07, 6.45) is 3.28. The van der Waals surface area contributed by atoms with Crippen LogP contribution < -0.4 is 11.1 Å². The molecule has 1 fully saturated rings. The maximum Gasteiger partial charge on any atom is 0.253 e. The number of amidine groups is 1. The zero-order chi connectivity index (χ0) is 14.8. The minimum atomic E-state index is -0.727. The molecule has 1 amide bonds. The molecule has 2 rings (SSSR count). The molecule has 0 aromatic heterocycles. The monoisotopic (exact) mass is 339 g/mol. The zero-order valence-electron chi connectivity index (χ0n) is 11.3. The Balaban J connectivity index is 2.27. The molecule has 1 aliphatic rings. The van der Waals surface area contributed by atoms with Crippen LogP contribution in [0.3, 0.4) is 0 Å². The summed E-state index contributed by atoms with van der Waals surface area (Å²) >= 11 is 3.38. The first-order valence-electron chi connectivity index (χ1n) is 6.55. The van der Waals surface area contributed by atoms with E-state index >= 15 is 0 Å². The van der Waals surface area contributed by atoms with Crippen LogP contribution in [-0.4, -0.2) is 22.5 Å². The number of oxime groups is 1. The van der Waals surface area contributed by atoms with Gasteiger partial charge >= 0.3 is 0 Å². The molecule has 0 unspecified atom stereocenters. The number of halogens is 1. The molecule has 0 spiro atoms. The molecular weight excluding hydrogens is 322 g/mol. The van der Waals surface area contributed by atoms with Gasteiger partial charge in [0.05, 0.1) is 5.56 Å². The number of nitrogens with one attached hydrogen (secondary N) is 1. The lowest BCUT2D eigenvalue weighted by Gasteiger charge is -2.29. The second kappa shape index (κ2) is 5.83. The van der Waals surface area contributed by atoms with Crippen molar-refractivity contribution in [2.45, 2.75) is 38.1 Å². The van der Waals surface area contributed by atoms with Crippen LogP contribution in [0.1, 0.15) is 41.6 Å². The fourth-order valence-corrected chi connectivity index (χ4v) is 3.04. The standard InChI is InChI=1S/C14H18BrN3O2/c1-9-4-5-11(15)10(8-9)12(19)17-14(13(16)18-20)6-2-3-7-14/h4-5,8,20H,2-3,6-7H2,1H3,(H2,16,18)(H,17,19). The minimum Gasteiger partial charge on any atom is -0.409 e. The number of benzene rings is 1. The van der Waals surface area contributed by atoms with Gasteiger partial charge in [0.25, 0.3) is 5.91 Å². The number of nitrogens with two attached hydrogens (primary N) is 1. The van der Waals surface area contributed by atoms with Crippen molar-refractivity contribution in [3.63, 3.8) is 0 Å². The molecule has 0 bridgehead atoms. The molecule has 20 heavy (non-hydrogen) atoms. The van der Waals surface area contributed by atoms with Gasteiger partial charge in [0.15, 0.2) is 5.84 Å². The average molecular weight is 340 g/mol. The summed E-state index contributed by atoms with van der Waals surface area (Å²) in [6, 6.07) is 5.58. The number of hydrogen-bond acceptors (Lipinski definition) is 3. The van der Waals surface area contributed by atoms with Crippen molar-refractivity contribution >= 4 is 27.7 Å². The van der Waals surface area contributed by atoms with Gasteiger partial charge in [0.2, 0.25) is 0 Å². The highest BCUT2D eigenvalue weighted by Gasteiger charge is 2.40. The van der Waals surface area contributed by atoms with Crippen molar-refractivity contribution in [1.82, 2.24) is 5.32 Å². The minimum absolute atomic E-state index is 0.0760. The topological polar surface area (TPSA) is 87.7 Å². The first-order valence-corrected chi connectivity index (χ1v) is 7.34. The van der Waals surface area contributed by atoms with E-state index in [0.717, 1.165) is 22.9 Å². The fourth-order valence-electron chi connectivity index (χ4n) is 2.62. The summed E-state index contributed by atoms with van der Waals surface area (Å²) < 4.78 is 0.730. The molecule has 4 N–H and O–H groups in total. The Morgan fingerprint density at radius 2 is 2.10 bits per heavy atom. The fraction of sp³-hybridized carbons (Fsp3) is 0.429. The van der Waals surface area contributed by atoms with Crippen LogP contribution in [0.4, 0.5) is 0 Å². The molecule has 0 atom stereocenters. The smallest absolute Gasteiger partial charge is 0.253 e. The zero-order valence-corrected chi connectivity index (χ0v) is 12.9. The SMILES string of the molecule is Cc1ccc(Br)c(C(=O)NC2(/C(N)=N/O)CCCC2)c1. The Morgan fingerprint density at radius 3 is 2.70 bits per heavy atom. The van der Waals surface area contributed by atoms with Crippen LogP contribution in [-0.2, 0) is 0 Å². The molecule has 1 aromatic carbocycles. The second-order valence-electron chi connectivity index (χ2n) is 5.21. The number of nitrogens with zero attached hydrogens (tertiary/aromatic N) is 1. The van der Waals surface area contributed by atoms with Gasteiger partial charge in [-0.15, -0.1) is 0 Å². The van der Waals surface area contributed by atoms with E-state index in [0.29, 0.717) is 18.4 Å². The van der Waals surface area contributed by atoms with Crippen molar-refractivity contribution in [2.75, 3.05) is 0 Å². The van der Waals surface area contributed by atoms with Gasteiger partial charge in [0.1, 0.15) is 5.54 Å². The van der Waals surface area contributed by atoms with E-state index in [1.54, 1.807) is 0 Å². The van der Waals surface area contributed by atoms with Crippen molar-refractivity contribution in [3.05, 3.63) is 33.8 Å². The highest BCUT2D eigenvalue weighted by Crippen LogP contribution is 2.31. The van der Waals surface area contributed by atoms with Crippen LogP contribution in [0.15, 0.2) is 27.8 Å². The highest BCUT2D eigenvalue weighted by atomic mass is 79.9. The third kappa shape index (κ3) is 2.80. The molecule has 0 radical (unpaired) electrons. The number of carbonyl (C=O) groups excluding carboxylic acids is 1. The Morgan fingerprint density at radius 1 is 1.45 bits per heavy atom. The van der Waals surface area contributed by atoms with Gasteiger partial charge in [-0.1, -0.05) is 29.6 Å². The first kappa shape index (κ1) is 14.8. The quantitative estimate of drug-likeness (QED) is 0.342. The molecule has 1 aliphatic carbocycles. The van der Waals surface area contributed by atoms with Crippen LogP contribution in [0.5, 0.6) is 0 Å². The Hall–Kier alpha value is -1.56. The van der Waals surface area contributed by atoms with E-state index in [9.17, 15) is 4.79 Å². The maximum absolute atomic E-state index is 12.5. The number of hydrogen-bond donors (Lipinski definition) is 3. The van der Waals surface area contributed by atoms with E-state index in [4.69, 9.17) is 10.9 Å². The number of amides is 1. The molecule has 108 valence electrons. The number of carbonyl (C=O) groups is 1. The van der Waals surface area contributed by atoms with E-state index in [1.165, 1.54) is 0 Å². The highest BCUT2D eigenvalue weighted by molar-refractivity contribution is 9.10. The predicted octanol–water partition coefficient (Wildman–Crippen LogP) is 2.55. The third-order valence-electron chi connectivity index (χ3n) is 3.77. The molecule has 0 aliphatic heterocycles. The van der Waals surface area contributed by atoms with Gasteiger partial charge in [0, 0.05) is 4.47 Å². The van der Waals surface area contributed by atoms with Crippen molar-refractivity contribution in [3.8, 4) is 0 Å². The van der Waals surface area contributed by atoms with E-state index in [1.807, 2.05) is 25.1 Å². The molecular formula is C14H18BrN3O2. The molecule has 5 nitrogen and oxygen atoms in total. The third-order valence-corrected chi connectivity index (χ3v) is 4.47.